The van der Waals surface area contributed by atoms with Gasteiger partial charge in [-0.2, -0.15) is 0 Å². The maximum atomic E-state index is 5.62. The summed E-state index contributed by atoms with van der Waals surface area (Å²) in [6, 6.07) is 10.3. The Hall–Kier alpha value is -1.16. The molecule has 17 heavy (non-hydrogen) atoms. The predicted molar refractivity (Wildman–Crippen MR) is 65.6 cm³/mol. The van der Waals surface area contributed by atoms with Crippen molar-refractivity contribution in [2.45, 2.75) is 19.1 Å². The molecule has 3 heteroatoms. The first kappa shape index (κ1) is 12.3. The third-order valence-electron chi connectivity index (χ3n) is 2.63. The molecule has 0 aromatic heterocycles. The lowest BCUT2D eigenvalue weighted by molar-refractivity contribution is -0.0211. The zero-order valence-corrected chi connectivity index (χ0v) is 10.3. The average molecular weight is 234 g/mol. The second kappa shape index (κ2) is 5.96. The smallest absolute Gasteiger partial charge is 0.146 e. The quantitative estimate of drug-likeness (QED) is 0.328. The Morgan fingerprint density at radius 2 is 2.12 bits per heavy atom. The lowest BCUT2D eigenvalue weighted by atomic mass is 10.1. The van der Waals surface area contributed by atoms with Gasteiger partial charge in [0.25, 0.3) is 0 Å². The van der Waals surface area contributed by atoms with E-state index in [1.807, 2.05) is 25.1 Å². The van der Waals surface area contributed by atoms with E-state index in [2.05, 4.69) is 18.2 Å². The van der Waals surface area contributed by atoms with E-state index in [0.717, 1.165) is 0 Å². The summed E-state index contributed by atoms with van der Waals surface area (Å²) < 4.78 is 15.7. The summed E-state index contributed by atoms with van der Waals surface area (Å²) in [5, 5.41) is 0. The van der Waals surface area contributed by atoms with Gasteiger partial charge < -0.3 is 14.2 Å². The topological polar surface area (TPSA) is 31.0 Å². The molecule has 0 N–H and O–H groups in total. The van der Waals surface area contributed by atoms with Gasteiger partial charge in [0.05, 0.1) is 6.61 Å². The van der Waals surface area contributed by atoms with Crippen LogP contribution in [0.4, 0.5) is 0 Å². The molecule has 1 unspecified atom stereocenters. The highest BCUT2D eigenvalue weighted by Gasteiger charge is 2.38. The molecule has 0 amide bonds. The second-order valence-electron chi connectivity index (χ2n) is 4.20. The number of ether oxygens (including phenoxy) is 3. The molecule has 2 atom stereocenters. The lowest BCUT2D eigenvalue weighted by Crippen LogP contribution is -2.00. The van der Waals surface area contributed by atoms with E-state index in [0.29, 0.717) is 13.4 Å². The molecule has 1 saturated heterocycles. The van der Waals surface area contributed by atoms with Crippen molar-refractivity contribution in [3.8, 4) is 0 Å². The fourth-order valence-electron chi connectivity index (χ4n) is 1.78. The number of rotatable bonds is 6. The van der Waals surface area contributed by atoms with Crippen LogP contribution in [0.1, 0.15) is 18.6 Å². The van der Waals surface area contributed by atoms with E-state index >= 15 is 0 Å². The maximum absolute atomic E-state index is 5.62. The number of hydrogen-bond donors (Lipinski definition) is 0. The lowest BCUT2D eigenvalue weighted by Gasteiger charge is -2.01. The normalized spacial score (nSPS) is 23.8. The summed E-state index contributed by atoms with van der Waals surface area (Å²) in [6.07, 6.45) is 2.53. The highest BCUT2D eigenvalue weighted by atomic mass is 16.7. The molecule has 0 spiro atoms. The highest BCUT2D eigenvalue weighted by molar-refractivity contribution is 5.25. The van der Waals surface area contributed by atoms with E-state index in [-0.39, 0.29) is 12.2 Å². The number of epoxide rings is 1. The summed E-state index contributed by atoms with van der Waals surface area (Å²) >= 11 is 0. The van der Waals surface area contributed by atoms with Crippen LogP contribution in [0.3, 0.4) is 0 Å². The third-order valence-corrected chi connectivity index (χ3v) is 2.63. The summed E-state index contributed by atoms with van der Waals surface area (Å²) in [5.74, 6) is 0. The van der Waals surface area contributed by atoms with Gasteiger partial charge in [0.2, 0.25) is 0 Å². The van der Waals surface area contributed by atoms with Gasteiger partial charge in [-0.15, -0.1) is 0 Å². The third kappa shape index (κ3) is 3.66. The standard InChI is InChI=1S/C14H18O3/c1-11(9-16-10-15-2)8-13-14(17-13)12-6-4-3-5-7-12/h3-8,13-14H,9-10H2,1-2H3/b11-8+/t13-,14?/m1/s1. The molecular formula is C14H18O3. The van der Waals surface area contributed by atoms with Gasteiger partial charge in [-0.25, -0.2) is 0 Å². The molecular weight excluding hydrogens is 216 g/mol. The van der Waals surface area contributed by atoms with Gasteiger partial charge in [-0.1, -0.05) is 36.4 Å². The van der Waals surface area contributed by atoms with Crippen LogP contribution in [-0.4, -0.2) is 26.6 Å². The minimum absolute atomic E-state index is 0.198. The molecule has 92 valence electrons. The van der Waals surface area contributed by atoms with Gasteiger partial charge >= 0.3 is 0 Å². The molecule has 0 saturated carbocycles. The minimum atomic E-state index is 0.198. The Balaban J connectivity index is 1.81. The zero-order valence-electron chi connectivity index (χ0n) is 10.3. The van der Waals surface area contributed by atoms with Gasteiger partial charge in [-0.05, 0) is 18.1 Å². The van der Waals surface area contributed by atoms with Crippen LogP contribution < -0.4 is 0 Å². The largest absolute Gasteiger partial charge is 0.360 e. The fraction of sp³-hybridized carbons (Fsp3) is 0.429. The van der Waals surface area contributed by atoms with Crippen molar-refractivity contribution in [2.75, 3.05) is 20.5 Å². The monoisotopic (exact) mass is 234 g/mol. The molecule has 1 aromatic rings. The first-order valence-electron chi connectivity index (χ1n) is 5.75. The Labute approximate surface area is 102 Å². The first-order valence-corrected chi connectivity index (χ1v) is 5.75. The van der Waals surface area contributed by atoms with Crippen LogP contribution in [0, 0.1) is 0 Å². The van der Waals surface area contributed by atoms with Crippen molar-refractivity contribution >= 4 is 0 Å². The molecule has 0 bridgehead atoms. The molecule has 0 aliphatic carbocycles. The Morgan fingerprint density at radius 1 is 1.35 bits per heavy atom. The van der Waals surface area contributed by atoms with Crippen LogP contribution in [0.25, 0.3) is 0 Å². The molecule has 1 aliphatic heterocycles. The van der Waals surface area contributed by atoms with E-state index in [9.17, 15) is 0 Å². The predicted octanol–water partition coefficient (Wildman–Crippen LogP) is 2.69. The van der Waals surface area contributed by atoms with Crippen molar-refractivity contribution in [3.05, 3.63) is 47.5 Å². The van der Waals surface area contributed by atoms with Crippen LogP contribution in [0.5, 0.6) is 0 Å². The van der Waals surface area contributed by atoms with Crippen molar-refractivity contribution < 1.29 is 14.2 Å². The second-order valence-corrected chi connectivity index (χ2v) is 4.20. The van der Waals surface area contributed by atoms with Crippen LogP contribution in [0.2, 0.25) is 0 Å². The summed E-state index contributed by atoms with van der Waals surface area (Å²) in [5.41, 5.74) is 2.41. The molecule has 1 aromatic carbocycles. The number of methoxy groups -OCH3 is 1. The SMILES string of the molecule is COCOC/C(C)=C/[C@H]1OC1c1ccccc1. The van der Waals surface area contributed by atoms with E-state index < -0.39 is 0 Å². The zero-order chi connectivity index (χ0) is 12.1. The van der Waals surface area contributed by atoms with Crippen molar-refractivity contribution in [2.24, 2.45) is 0 Å². The van der Waals surface area contributed by atoms with Gasteiger partial charge in [0.15, 0.2) is 0 Å². The molecule has 1 aliphatic rings. The van der Waals surface area contributed by atoms with Crippen molar-refractivity contribution in [1.29, 1.82) is 0 Å². The van der Waals surface area contributed by atoms with Crippen LogP contribution >= 0.6 is 0 Å². The van der Waals surface area contributed by atoms with Crippen molar-refractivity contribution in [1.82, 2.24) is 0 Å². The van der Waals surface area contributed by atoms with Crippen LogP contribution in [-0.2, 0) is 14.2 Å². The Morgan fingerprint density at radius 3 is 2.82 bits per heavy atom. The summed E-state index contributed by atoms with van der Waals surface area (Å²) in [6.45, 7) is 2.97. The Bertz CT molecular complexity index is 372. The van der Waals surface area contributed by atoms with Gasteiger partial charge in [0.1, 0.15) is 19.0 Å². The minimum Gasteiger partial charge on any atom is -0.360 e. The van der Waals surface area contributed by atoms with Crippen molar-refractivity contribution in [3.63, 3.8) is 0 Å². The molecule has 2 rings (SSSR count). The van der Waals surface area contributed by atoms with E-state index in [1.54, 1.807) is 7.11 Å². The van der Waals surface area contributed by atoms with Gasteiger partial charge in [-0.3, -0.25) is 0 Å². The summed E-state index contributed by atoms with van der Waals surface area (Å²) in [4.78, 5) is 0. The number of benzene rings is 1. The maximum Gasteiger partial charge on any atom is 0.146 e. The summed E-state index contributed by atoms with van der Waals surface area (Å²) in [7, 11) is 1.62. The fourth-order valence-corrected chi connectivity index (χ4v) is 1.78. The van der Waals surface area contributed by atoms with E-state index in [4.69, 9.17) is 14.2 Å². The Kier molecular flexibility index (Phi) is 4.31. The average Bonchev–Trinajstić information content (AvgIpc) is 3.10. The molecule has 1 fully saturated rings. The van der Waals surface area contributed by atoms with Gasteiger partial charge in [0, 0.05) is 7.11 Å². The van der Waals surface area contributed by atoms with Crippen LogP contribution in [0.15, 0.2) is 42.0 Å². The number of hydrogen-bond acceptors (Lipinski definition) is 3. The van der Waals surface area contributed by atoms with E-state index in [1.165, 1.54) is 11.1 Å². The molecule has 0 radical (unpaired) electrons. The molecule has 1 heterocycles. The first-order chi connectivity index (χ1) is 8.31. The molecule has 3 nitrogen and oxygen atoms in total. The highest BCUT2D eigenvalue weighted by Crippen LogP contribution is 2.39.